The molecular formula is C16H18N2. The maximum Gasteiger partial charge on any atom is 0.0444 e. The highest BCUT2D eigenvalue weighted by molar-refractivity contribution is 5.69. The Morgan fingerprint density at radius 2 is 1.78 bits per heavy atom. The molecule has 92 valence electrons. The molecule has 0 aromatic heterocycles. The molecule has 2 heteroatoms. The molecule has 0 fully saturated rings. The number of anilines is 2. The first kappa shape index (κ1) is 11.3. The van der Waals surface area contributed by atoms with Gasteiger partial charge in [0.1, 0.15) is 0 Å². The van der Waals surface area contributed by atoms with E-state index >= 15 is 0 Å². The van der Waals surface area contributed by atoms with Gasteiger partial charge in [-0.1, -0.05) is 30.3 Å². The Kier molecular flexibility index (Phi) is 2.80. The number of hydrogen-bond donors (Lipinski definition) is 1. The minimum atomic E-state index is 0.102. The molecule has 2 aromatic rings. The third-order valence-electron chi connectivity index (χ3n) is 3.62. The maximum absolute atomic E-state index is 5.88. The molecule has 3 rings (SSSR count). The fourth-order valence-electron chi connectivity index (χ4n) is 2.56. The van der Waals surface area contributed by atoms with Crippen molar-refractivity contribution in [1.29, 1.82) is 0 Å². The zero-order chi connectivity index (χ0) is 12.5. The van der Waals surface area contributed by atoms with Crippen molar-refractivity contribution >= 4 is 11.4 Å². The molecule has 0 radical (unpaired) electrons. The normalized spacial score (nSPS) is 15.6. The van der Waals surface area contributed by atoms with Gasteiger partial charge in [-0.3, -0.25) is 0 Å². The molecular weight excluding hydrogens is 220 g/mol. The Labute approximate surface area is 108 Å². The second kappa shape index (κ2) is 4.46. The van der Waals surface area contributed by atoms with E-state index in [1.165, 1.54) is 22.5 Å². The first-order valence-corrected chi connectivity index (χ1v) is 6.47. The average molecular weight is 238 g/mol. The van der Waals surface area contributed by atoms with Gasteiger partial charge in [-0.15, -0.1) is 0 Å². The summed E-state index contributed by atoms with van der Waals surface area (Å²) >= 11 is 0. The number of hydrogen-bond acceptors (Lipinski definition) is 2. The summed E-state index contributed by atoms with van der Waals surface area (Å²) in [7, 11) is 0. The summed E-state index contributed by atoms with van der Waals surface area (Å²) in [5, 5.41) is 0. The van der Waals surface area contributed by atoms with Crippen molar-refractivity contribution in [3.8, 4) is 0 Å². The van der Waals surface area contributed by atoms with E-state index in [-0.39, 0.29) is 6.04 Å². The van der Waals surface area contributed by atoms with E-state index in [0.29, 0.717) is 0 Å². The van der Waals surface area contributed by atoms with Crippen molar-refractivity contribution in [2.75, 3.05) is 11.4 Å². The van der Waals surface area contributed by atoms with Crippen LogP contribution in [-0.4, -0.2) is 6.54 Å². The highest BCUT2D eigenvalue weighted by Crippen LogP contribution is 2.34. The Bertz CT molecular complexity index is 543. The standard InChI is InChI=1S/C16H18N2/c1-12(17)13-6-8-15(9-7-13)18-11-10-14-4-2-3-5-16(14)18/h2-9,12H,10-11,17H2,1H3. The summed E-state index contributed by atoms with van der Waals surface area (Å²) in [4.78, 5) is 2.38. The lowest BCUT2D eigenvalue weighted by Gasteiger charge is -2.20. The van der Waals surface area contributed by atoms with Gasteiger partial charge in [0.25, 0.3) is 0 Å². The van der Waals surface area contributed by atoms with Crippen LogP contribution in [0.2, 0.25) is 0 Å². The SMILES string of the molecule is CC(N)c1ccc(N2CCc3ccccc32)cc1. The van der Waals surface area contributed by atoms with Crippen LogP contribution in [-0.2, 0) is 6.42 Å². The minimum Gasteiger partial charge on any atom is -0.341 e. The number of benzene rings is 2. The van der Waals surface area contributed by atoms with Crippen LogP contribution in [0.3, 0.4) is 0 Å². The van der Waals surface area contributed by atoms with Crippen LogP contribution in [0.4, 0.5) is 11.4 Å². The van der Waals surface area contributed by atoms with Gasteiger partial charge in [0, 0.05) is 24.0 Å². The molecule has 2 nitrogen and oxygen atoms in total. The molecule has 1 atom stereocenters. The molecule has 0 spiro atoms. The van der Waals surface area contributed by atoms with Crippen molar-refractivity contribution in [2.24, 2.45) is 5.73 Å². The van der Waals surface area contributed by atoms with Gasteiger partial charge in [0.2, 0.25) is 0 Å². The number of nitrogens with zero attached hydrogens (tertiary/aromatic N) is 1. The van der Waals surface area contributed by atoms with Crippen molar-refractivity contribution in [3.05, 3.63) is 59.7 Å². The van der Waals surface area contributed by atoms with Crippen LogP contribution in [0.5, 0.6) is 0 Å². The number of para-hydroxylation sites is 1. The fraction of sp³-hybridized carbons (Fsp3) is 0.250. The summed E-state index contributed by atoms with van der Waals surface area (Å²) in [5.41, 5.74) is 11.1. The summed E-state index contributed by atoms with van der Waals surface area (Å²) < 4.78 is 0. The minimum absolute atomic E-state index is 0.102. The summed E-state index contributed by atoms with van der Waals surface area (Å²) in [6.45, 7) is 3.08. The van der Waals surface area contributed by atoms with Crippen molar-refractivity contribution in [3.63, 3.8) is 0 Å². The Morgan fingerprint density at radius 1 is 1.06 bits per heavy atom. The monoisotopic (exact) mass is 238 g/mol. The van der Waals surface area contributed by atoms with Gasteiger partial charge < -0.3 is 10.6 Å². The molecule has 1 aliphatic heterocycles. The quantitative estimate of drug-likeness (QED) is 0.868. The van der Waals surface area contributed by atoms with E-state index in [1.807, 2.05) is 6.92 Å². The second-order valence-electron chi connectivity index (χ2n) is 4.91. The first-order chi connectivity index (χ1) is 8.75. The third kappa shape index (κ3) is 1.89. The van der Waals surface area contributed by atoms with E-state index in [0.717, 1.165) is 13.0 Å². The summed E-state index contributed by atoms with van der Waals surface area (Å²) in [6.07, 6.45) is 1.13. The molecule has 0 amide bonds. The summed E-state index contributed by atoms with van der Waals surface area (Å²) in [6, 6.07) is 17.3. The zero-order valence-electron chi connectivity index (χ0n) is 10.6. The number of nitrogens with two attached hydrogens (primary N) is 1. The van der Waals surface area contributed by atoms with Crippen molar-refractivity contribution < 1.29 is 0 Å². The smallest absolute Gasteiger partial charge is 0.0444 e. The lowest BCUT2D eigenvalue weighted by Crippen LogP contribution is -2.13. The van der Waals surface area contributed by atoms with Crippen molar-refractivity contribution in [2.45, 2.75) is 19.4 Å². The lowest BCUT2D eigenvalue weighted by atomic mass is 10.1. The van der Waals surface area contributed by atoms with E-state index in [4.69, 9.17) is 5.73 Å². The number of fused-ring (bicyclic) bond motifs is 1. The molecule has 1 aliphatic rings. The molecule has 1 heterocycles. The first-order valence-electron chi connectivity index (χ1n) is 6.47. The van der Waals surface area contributed by atoms with Crippen molar-refractivity contribution in [1.82, 2.24) is 0 Å². The molecule has 0 saturated carbocycles. The second-order valence-corrected chi connectivity index (χ2v) is 4.91. The van der Waals surface area contributed by atoms with Gasteiger partial charge in [-0.05, 0) is 42.7 Å². The molecule has 2 N–H and O–H groups in total. The predicted molar refractivity (Wildman–Crippen MR) is 76.2 cm³/mol. The summed E-state index contributed by atoms with van der Waals surface area (Å²) in [5.74, 6) is 0. The van der Waals surface area contributed by atoms with Crippen LogP contribution in [0.25, 0.3) is 0 Å². The molecule has 18 heavy (non-hydrogen) atoms. The highest BCUT2D eigenvalue weighted by atomic mass is 15.2. The Hall–Kier alpha value is -1.80. The van der Waals surface area contributed by atoms with E-state index in [9.17, 15) is 0 Å². The zero-order valence-corrected chi connectivity index (χ0v) is 10.6. The largest absolute Gasteiger partial charge is 0.341 e. The van der Waals surface area contributed by atoms with Crippen LogP contribution >= 0.6 is 0 Å². The predicted octanol–water partition coefficient (Wildman–Crippen LogP) is 3.40. The van der Waals surface area contributed by atoms with Crippen LogP contribution < -0.4 is 10.6 Å². The van der Waals surface area contributed by atoms with Gasteiger partial charge in [-0.25, -0.2) is 0 Å². The average Bonchev–Trinajstić information content (AvgIpc) is 2.82. The molecule has 0 aliphatic carbocycles. The lowest BCUT2D eigenvalue weighted by molar-refractivity contribution is 0.818. The Morgan fingerprint density at radius 3 is 2.50 bits per heavy atom. The maximum atomic E-state index is 5.88. The van der Waals surface area contributed by atoms with Crippen LogP contribution in [0.15, 0.2) is 48.5 Å². The van der Waals surface area contributed by atoms with Crippen LogP contribution in [0.1, 0.15) is 24.1 Å². The molecule has 0 saturated heterocycles. The van der Waals surface area contributed by atoms with Gasteiger partial charge in [0.15, 0.2) is 0 Å². The van der Waals surface area contributed by atoms with Gasteiger partial charge in [-0.2, -0.15) is 0 Å². The number of rotatable bonds is 2. The van der Waals surface area contributed by atoms with Gasteiger partial charge >= 0.3 is 0 Å². The topological polar surface area (TPSA) is 29.3 Å². The van der Waals surface area contributed by atoms with E-state index in [1.54, 1.807) is 0 Å². The third-order valence-corrected chi connectivity index (χ3v) is 3.62. The fourth-order valence-corrected chi connectivity index (χ4v) is 2.56. The van der Waals surface area contributed by atoms with E-state index < -0.39 is 0 Å². The molecule has 1 unspecified atom stereocenters. The van der Waals surface area contributed by atoms with Crippen LogP contribution in [0, 0.1) is 0 Å². The Balaban J connectivity index is 1.93. The van der Waals surface area contributed by atoms with E-state index in [2.05, 4.69) is 53.4 Å². The highest BCUT2D eigenvalue weighted by Gasteiger charge is 2.19. The molecule has 2 aromatic carbocycles. The van der Waals surface area contributed by atoms with Gasteiger partial charge in [0.05, 0.1) is 0 Å². The molecule has 0 bridgehead atoms.